The highest BCUT2D eigenvalue weighted by molar-refractivity contribution is 9.10. The van der Waals surface area contributed by atoms with E-state index < -0.39 is 17.9 Å². The van der Waals surface area contributed by atoms with Crippen molar-refractivity contribution < 1.29 is 19.6 Å². The normalized spacial score (nSPS) is 13.4. The molecule has 0 aromatic heterocycles. The number of carbonyl (C=O) groups excluding carboxylic acids is 2. The molecule has 0 saturated heterocycles. The monoisotopic (exact) mass is 1570 g/mol. The molecule has 2 spiro atoms. The summed E-state index contributed by atoms with van der Waals surface area (Å²) in [6.07, 6.45) is 10.9. The second-order valence-electron chi connectivity index (χ2n) is 35.2. The number of benzene rings is 14. The molecular weight excluding hydrogens is 1480 g/mol. The molecule has 572 valence electrons. The molecule has 4 aliphatic rings. The summed E-state index contributed by atoms with van der Waals surface area (Å²) < 4.78 is 1.09. The van der Waals surface area contributed by atoms with Gasteiger partial charge in [0.15, 0.2) is 0 Å². The lowest BCUT2D eigenvalue weighted by molar-refractivity contribution is 0.111. The van der Waals surface area contributed by atoms with Gasteiger partial charge in [-0.2, -0.15) is 0 Å². The maximum absolute atomic E-state index is 11.6. The minimum Gasteiger partial charge on any atom is -0.423 e. The molecule has 0 radical (unpaired) electrons. The maximum atomic E-state index is 11.6. The van der Waals surface area contributed by atoms with Gasteiger partial charge in [-0.25, -0.2) is 0 Å². The van der Waals surface area contributed by atoms with Crippen LogP contribution in [0.4, 0.5) is 34.1 Å². The van der Waals surface area contributed by atoms with Crippen LogP contribution < -0.4 is 15.3 Å². The molecule has 0 amide bonds. The van der Waals surface area contributed by atoms with Crippen molar-refractivity contribution in [2.75, 3.05) is 9.80 Å². The number of fused-ring (bicyclic) bond motifs is 18. The molecule has 6 nitrogen and oxygen atoms in total. The Morgan fingerprint density at radius 3 is 0.879 bits per heavy atom. The zero-order valence-electron chi connectivity index (χ0n) is 68.0. The molecule has 0 atom stereocenters. The minimum atomic E-state index is -1.46. The van der Waals surface area contributed by atoms with Crippen molar-refractivity contribution in [2.45, 2.75) is 116 Å². The van der Waals surface area contributed by atoms with Gasteiger partial charge >= 0.3 is 7.12 Å². The van der Waals surface area contributed by atoms with Crippen molar-refractivity contribution in [2.24, 2.45) is 0 Å². The van der Waals surface area contributed by atoms with Crippen molar-refractivity contribution in [3.05, 3.63) is 420 Å². The summed E-state index contributed by atoms with van der Waals surface area (Å²) in [5.74, 6) is 0. The quantitative estimate of drug-likeness (QED) is 0.105. The highest BCUT2D eigenvalue weighted by atomic mass is 79.9. The van der Waals surface area contributed by atoms with Gasteiger partial charge in [-0.05, 0) is 241 Å². The third-order valence-electron chi connectivity index (χ3n) is 23.7. The topological polar surface area (TPSA) is 81.1 Å². The summed E-state index contributed by atoms with van der Waals surface area (Å²) in [6, 6.07) is 114. The molecule has 0 unspecified atom stereocenters. The average Bonchev–Trinajstić information content (AvgIpc) is 1.51. The van der Waals surface area contributed by atoms with Crippen molar-refractivity contribution in [1.29, 1.82) is 0 Å². The van der Waals surface area contributed by atoms with E-state index in [2.05, 4.69) is 412 Å². The van der Waals surface area contributed by atoms with Crippen molar-refractivity contribution in [1.82, 2.24) is 0 Å². The van der Waals surface area contributed by atoms with E-state index in [-0.39, 0.29) is 21.7 Å². The summed E-state index contributed by atoms with van der Waals surface area (Å²) in [6.45, 7) is 27.8. The van der Waals surface area contributed by atoms with Gasteiger partial charge in [0.05, 0.1) is 10.8 Å². The van der Waals surface area contributed by atoms with Crippen LogP contribution in [0.2, 0.25) is 0 Å². The van der Waals surface area contributed by atoms with Crippen LogP contribution in [-0.4, -0.2) is 29.7 Å². The van der Waals surface area contributed by atoms with Gasteiger partial charge in [0.2, 0.25) is 0 Å². The Morgan fingerprint density at radius 1 is 0.284 bits per heavy atom. The Bertz CT molecular complexity index is 5930. The summed E-state index contributed by atoms with van der Waals surface area (Å²) in [4.78, 5) is 26.6. The van der Waals surface area contributed by atoms with E-state index in [4.69, 9.17) is 10.0 Å². The van der Waals surface area contributed by atoms with Crippen LogP contribution in [-0.2, 0) is 32.5 Å². The van der Waals surface area contributed by atoms with Gasteiger partial charge < -0.3 is 19.8 Å². The first kappa shape index (κ1) is 77.9. The SMILES string of the molecule is CC(C)(C)c1ccc2c(c1)C1(c3cc(-c4ccc(C=O)cc4)ccc3C=Cc3ccc(N(c4ccccc4)c4ccccc4)cc31)c1cc(C(C)(C)C)ccc1-2.CC(C)(C)c1ccc2c(c1)C1(c3cc(Br)ccc3C=Cc3ccc(N(c4ccccc4)c4ccccc4)cc31)c1cc(C(C)(C)C)ccc1-2.O=Cc1ccc(B(O)O)cc1. The van der Waals surface area contributed by atoms with Gasteiger partial charge in [0.1, 0.15) is 12.6 Å². The second kappa shape index (κ2) is 30.6. The number of halogens is 1. The van der Waals surface area contributed by atoms with E-state index in [1.807, 2.05) is 12.1 Å². The Hall–Kier alpha value is -12.0. The van der Waals surface area contributed by atoms with E-state index in [1.54, 1.807) is 0 Å². The Balaban J connectivity index is 0.000000155. The number of anilines is 6. The third kappa shape index (κ3) is 14.3. The van der Waals surface area contributed by atoms with Gasteiger partial charge in [-0.1, -0.05) is 348 Å². The number of aldehydes is 2. The molecule has 8 heteroatoms. The lowest BCUT2D eigenvalue weighted by Gasteiger charge is -2.38. The van der Waals surface area contributed by atoms with E-state index in [0.717, 1.165) is 56.0 Å². The van der Waals surface area contributed by atoms with Gasteiger partial charge in [0, 0.05) is 49.7 Å². The molecule has 0 saturated carbocycles. The Labute approximate surface area is 693 Å². The van der Waals surface area contributed by atoms with E-state index in [9.17, 15) is 9.59 Å². The zero-order valence-corrected chi connectivity index (χ0v) is 69.6. The van der Waals surface area contributed by atoms with Crippen LogP contribution in [0, 0.1) is 0 Å². The van der Waals surface area contributed by atoms with Crippen LogP contribution in [0.1, 0.15) is 193 Å². The molecule has 14 aromatic carbocycles. The molecular formula is C108H96BBrN2O4. The molecule has 0 fully saturated rings. The molecule has 2 N–H and O–H groups in total. The number of para-hydroxylation sites is 4. The van der Waals surface area contributed by atoms with Crippen LogP contribution in [0.15, 0.2) is 320 Å². The summed E-state index contributed by atoms with van der Waals surface area (Å²) in [7, 11) is -1.46. The predicted molar refractivity (Wildman–Crippen MR) is 490 cm³/mol. The fourth-order valence-corrected chi connectivity index (χ4v) is 17.9. The van der Waals surface area contributed by atoms with Crippen LogP contribution in [0.5, 0.6) is 0 Å². The average molecular weight is 1580 g/mol. The standard InChI is InChI=1S/C54H47NO.C47H42BrN.C7H7BO3/c1-52(2,3)41-26-29-46-47-30-27-42(53(4,5)6)33-51(47)54(50(46)32-41)48-31-40(37-19-17-36(35-56)18-20-37)24-23-38(48)21-22-39-25-28-45(34-49(39)54)55(43-13-9-7-10-14-43)44-15-11-8-12-16-44;1-45(2,3)33-21-25-39-40-26-22-34(46(4,5)6)28-44(40)47(43(39)27-33)41-29-35(48)23-19-31(41)17-18-32-20-24-38(30-42(32)47)49(36-13-9-7-10-14-36)37-15-11-8-12-16-37;9-5-6-1-3-7(4-2-6)8(10)11/h7-35H,1-6H3;7-30H,1-6H3;1-5,10-11H. The highest BCUT2D eigenvalue weighted by Crippen LogP contribution is 2.63. The zero-order chi connectivity index (χ0) is 81.2. The molecule has 0 bridgehead atoms. The van der Waals surface area contributed by atoms with E-state index >= 15 is 0 Å². The first-order valence-corrected chi connectivity index (χ1v) is 40.9. The maximum Gasteiger partial charge on any atom is 0.488 e. The van der Waals surface area contributed by atoms with Gasteiger partial charge in [0.25, 0.3) is 0 Å². The Kier molecular flexibility index (Phi) is 20.6. The molecule has 4 aliphatic carbocycles. The first-order chi connectivity index (χ1) is 55.7. The predicted octanol–water partition coefficient (Wildman–Crippen LogP) is 26.6. The number of hydrogen-bond acceptors (Lipinski definition) is 6. The van der Waals surface area contributed by atoms with Crippen molar-refractivity contribution >= 4 is 99.5 Å². The smallest absolute Gasteiger partial charge is 0.423 e. The Morgan fingerprint density at radius 2 is 0.569 bits per heavy atom. The second-order valence-corrected chi connectivity index (χ2v) is 36.1. The summed E-state index contributed by atoms with van der Waals surface area (Å²) >= 11 is 3.93. The van der Waals surface area contributed by atoms with Crippen LogP contribution in [0.3, 0.4) is 0 Å². The largest absolute Gasteiger partial charge is 0.488 e. The van der Waals surface area contributed by atoms with Crippen molar-refractivity contribution in [3.8, 4) is 33.4 Å². The number of rotatable bonds is 10. The summed E-state index contributed by atoms with van der Waals surface area (Å²) in [5.41, 5.74) is 35.0. The lowest BCUT2D eigenvalue weighted by atomic mass is 9.64. The fraction of sp³-hybridized carbons (Fsp3) is 0.167. The van der Waals surface area contributed by atoms with Crippen molar-refractivity contribution in [3.63, 3.8) is 0 Å². The van der Waals surface area contributed by atoms with Gasteiger partial charge in [-0.3, -0.25) is 9.59 Å². The number of nitrogens with zero attached hydrogens (tertiary/aromatic N) is 2. The molecule has 0 heterocycles. The van der Waals surface area contributed by atoms with E-state index in [0.29, 0.717) is 22.9 Å². The third-order valence-corrected chi connectivity index (χ3v) is 24.2. The molecule has 116 heavy (non-hydrogen) atoms. The van der Waals surface area contributed by atoms with Crippen LogP contribution in [0.25, 0.3) is 57.7 Å². The highest BCUT2D eigenvalue weighted by Gasteiger charge is 2.52. The number of hydrogen-bond donors (Lipinski definition) is 2. The molecule has 18 rings (SSSR count). The lowest BCUT2D eigenvalue weighted by Crippen LogP contribution is -2.31. The van der Waals surface area contributed by atoms with Crippen LogP contribution >= 0.6 is 15.9 Å². The summed E-state index contributed by atoms with van der Waals surface area (Å²) in [5, 5.41) is 17.3. The molecule has 14 aromatic rings. The first-order valence-electron chi connectivity index (χ1n) is 40.1. The number of carbonyl (C=O) groups is 2. The van der Waals surface area contributed by atoms with Gasteiger partial charge in [-0.15, -0.1) is 0 Å². The molecule has 0 aliphatic heterocycles. The fourth-order valence-electron chi connectivity index (χ4n) is 17.5. The van der Waals surface area contributed by atoms with E-state index in [1.165, 1.54) is 136 Å². The minimum absolute atomic E-state index is 0.00720.